The van der Waals surface area contributed by atoms with Crippen LogP contribution in [0.4, 0.5) is 8.78 Å². The van der Waals surface area contributed by atoms with Crippen LogP contribution in [0.3, 0.4) is 0 Å². The lowest BCUT2D eigenvalue weighted by atomic mass is 10.1. The van der Waals surface area contributed by atoms with Gasteiger partial charge in [0.1, 0.15) is 5.69 Å². The van der Waals surface area contributed by atoms with Crippen LogP contribution < -0.4 is 0 Å². The molecule has 1 aliphatic rings. The van der Waals surface area contributed by atoms with Crippen molar-refractivity contribution in [3.63, 3.8) is 0 Å². The molecular formula is C9H6BrClF2N2O. The predicted molar refractivity (Wildman–Crippen MR) is 57.8 cm³/mol. The molecular weight excluding hydrogens is 305 g/mol. The maximum Gasteiger partial charge on any atom is 0.282 e. The number of aromatic nitrogens is 1. The Balaban J connectivity index is 2.16. The molecule has 0 bridgehead atoms. The first-order valence-corrected chi connectivity index (χ1v) is 5.54. The SMILES string of the molecule is O=C(c1ncc(Cl)cc1Br)N1CC(F)(F)C1. The minimum atomic E-state index is -2.77. The number of pyridine rings is 1. The highest BCUT2D eigenvalue weighted by Gasteiger charge is 2.46. The molecule has 0 aliphatic carbocycles. The number of likely N-dealkylation sites (tertiary alicyclic amines) is 1. The van der Waals surface area contributed by atoms with Crippen molar-refractivity contribution in [2.75, 3.05) is 13.1 Å². The molecule has 1 fully saturated rings. The molecule has 0 saturated carbocycles. The van der Waals surface area contributed by atoms with Crippen LogP contribution in [0, 0.1) is 0 Å². The van der Waals surface area contributed by atoms with E-state index < -0.39 is 24.9 Å². The van der Waals surface area contributed by atoms with E-state index in [0.717, 1.165) is 4.90 Å². The van der Waals surface area contributed by atoms with E-state index in [0.29, 0.717) is 9.50 Å². The van der Waals surface area contributed by atoms with Gasteiger partial charge in [-0.05, 0) is 22.0 Å². The Morgan fingerprint density at radius 3 is 2.69 bits per heavy atom. The Morgan fingerprint density at radius 1 is 1.56 bits per heavy atom. The summed E-state index contributed by atoms with van der Waals surface area (Å²) < 4.78 is 25.6. The summed E-state index contributed by atoms with van der Waals surface area (Å²) in [6.07, 6.45) is 1.30. The molecule has 0 spiro atoms. The van der Waals surface area contributed by atoms with Crippen molar-refractivity contribution in [1.29, 1.82) is 0 Å². The average molecular weight is 312 g/mol. The summed E-state index contributed by atoms with van der Waals surface area (Å²) in [7, 11) is 0. The van der Waals surface area contributed by atoms with Crippen LogP contribution in [0.15, 0.2) is 16.7 Å². The van der Waals surface area contributed by atoms with E-state index in [9.17, 15) is 13.6 Å². The molecule has 1 aliphatic heterocycles. The van der Waals surface area contributed by atoms with E-state index in [2.05, 4.69) is 20.9 Å². The number of hydrogen-bond acceptors (Lipinski definition) is 2. The smallest absolute Gasteiger partial charge is 0.282 e. The van der Waals surface area contributed by atoms with Gasteiger partial charge >= 0.3 is 0 Å². The lowest BCUT2D eigenvalue weighted by molar-refractivity contribution is -0.113. The highest BCUT2D eigenvalue weighted by molar-refractivity contribution is 9.10. The van der Waals surface area contributed by atoms with Crippen LogP contribution in [-0.4, -0.2) is 34.8 Å². The first kappa shape index (κ1) is 11.7. The topological polar surface area (TPSA) is 33.2 Å². The van der Waals surface area contributed by atoms with E-state index in [4.69, 9.17) is 11.6 Å². The molecule has 0 unspecified atom stereocenters. The third kappa shape index (κ3) is 2.17. The summed E-state index contributed by atoms with van der Waals surface area (Å²) in [5, 5.41) is 0.373. The summed E-state index contributed by atoms with van der Waals surface area (Å²) in [5.74, 6) is -3.29. The maximum absolute atomic E-state index is 12.6. The van der Waals surface area contributed by atoms with Gasteiger partial charge in [-0.2, -0.15) is 0 Å². The first-order valence-electron chi connectivity index (χ1n) is 4.37. The van der Waals surface area contributed by atoms with Gasteiger partial charge in [-0.15, -0.1) is 0 Å². The number of carbonyl (C=O) groups is 1. The van der Waals surface area contributed by atoms with Gasteiger partial charge < -0.3 is 4.90 Å². The van der Waals surface area contributed by atoms with E-state index in [-0.39, 0.29) is 5.69 Å². The summed E-state index contributed by atoms with van der Waals surface area (Å²) >= 11 is 8.77. The van der Waals surface area contributed by atoms with Gasteiger partial charge in [0.05, 0.1) is 22.6 Å². The summed E-state index contributed by atoms with van der Waals surface area (Å²) in [6, 6.07) is 1.50. The Kier molecular flexibility index (Phi) is 2.88. The van der Waals surface area contributed by atoms with E-state index in [1.807, 2.05) is 0 Å². The molecule has 1 aromatic heterocycles. The van der Waals surface area contributed by atoms with Crippen LogP contribution in [-0.2, 0) is 0 Å². The second-order valence-corrected chi connectivity index (χ2v) is 4.79. The minimum Gasteiger partial charge on any atom is -0.325 e. The molecule has 3 nitrogen and oxygen atoms in total. The van der Waals surface area contributed by atoms with Crippen LogP contribution in [0.2, 0.25) is 5.02 Å². The van der Waals surface area contributed by atoms with E-state index >= 15 is 0 Å². The van der Waals surface area contributed by atoms with E-state index in [1.165, 1.54) is 12.3 Å². The third-order valence-electron chi connectivity index (χ3n) is 2.14. The number of rotatable bonds is 1. The molecule has 0 aromatic carbocycles. The molecule has 1 aromatic rings. The van der Waals surface area contributed by atoms with Crippen molar-refractivity contribution in [3.8, 4) is 0 Å². The lowest BCUT2D eigenvalue weighted by Gasteiger charge is -2.38. The Labute approximate surface area is 104 Å². The minimum absolute atomic E-state index is 0.0971. The van der Waals surface area contributed by atoms with Crippen molar-refractivity contribution in [2.45, 2.75) is 5.92 Å². The monoisotopic (exact) mass is 310 g/mol. The molecule has 7 heteroatoms. The molecule has 86 valence electrons. The van der Waals surface area contributed by atoms with Crippen molar-refractivity contribution < 1.29 is 13.6 Å². The number of amides is 1. The fraction of sp³-hybridized carbons (Fsp3) is 0.333. The number of alkyl halides is 2. The largest absolute Gasteiger partial charge is 0.325 e. The summed E-state index contributed by atoms with van der Waals surface area (Å²) in [5.41, 5.74) is 0.0971. The number of halogens is 4. The first-order chi connectivity index (χ1) is 7.39. The zero-order chi connectivity index (χ0) is 11.9. The zero-order valence-electron chi connectivity index (χ0n) is 7.88. The van der Waals surface area contributed by atoms with Gasteiger partial charge in [0.15, 0.2) is 0 Å². The number of carbonyl (C=O) groups excluding carboxylic acids is 1. The van der Waals surface area contributed by atoms with Crippen molar-refractivity contribution in [1.82, 2.24) is 9.88 Å². The molecule has 0 atom stereocenters. The zero-order valence-corrected chi connectivity index (χ0v) is 10.2. The maximum atomic E-state index is 12.6. The van der Waals surface area contributed by atoms with Gasteiger partial charge in [-0.25, -0.2) is 13.8 Å². The lowest BCUT2D eigenvalue weighted by Crippen LogP contribution is -2.58. The highest BCUT2D eigenvalue weighted by atomic mass is 79.9. The predicted octanol–water partition coefficient (Wildman–Crippen LogP) is 2.59. The second-order valence-electron chi connectivity index (χ2n) is 3.50. The van der Waals surface area contributed by atoms with Crippen molar-refractivity contribution in [3.05, 3.63) is 27.5 Å². The summed E-state index contributed by atoms with van der Waals surface area (Å²) in [4.78, 5) is 16.6. The van der Waals surface area contributed by atoms with Gasteiger partial charge in [0.2, 0.25) is 0 Å². The molecule has 0 radical (unpaired) electrons. The third-order valence-corrected chi connectivity index (χ3v) is 2.95. The van der Waals surface area contributed by atoms with Gasteiger partial charge in [0, 0.05) is 6.20 Å². The molecule has 1 amide bonds. The van der Waals surface area contributed by atoms with Gasteiger partial charge in [-0.3, -0.25) is 4.79 Å². The average Bonchev–Trinajstić information content (AvgIpc) is 2.13. The Hall–Kier alpha value is -0.750. The molecule has 0 N–H and O–H groups in total. The van der Waals surface area contributed by atoms with Crippen LogP contribution in [0.5, 0.6) is 0 Å². The fourth-order valence-corrected chi connectivity index (χ4v) is 2.19. The molecule has 16 heavy (non-hydrogen) atoms. The highest BCUT2D eigenvalue weighted by Crippen LogP contribution is 2.29. The Bertz CT molecular complexity index is 447. The van der Waals surface area contributed by atoms with Crippen molar-refractivity contribution in [2.24, 2.45) is 0 Å². The van der Waals surface area contributed by atoms with Crippen molar-refractivity contribution >= 4 is 33.4 Å². The quantitative estimate of drug-likeness (QED) is 0.799. The van der Waals surface area contributed by atoms with Crippen LogP contribution in [0.25, 0.3) is 0 Å². The van der Waals surface area contributed by atoms with Gasteiger partial charge in [0.25, 0.3) is 11.8 Å². The Morgan fingerprint density at radius 2 is 2.19 bits per heavy atom. The van der Waals surface area contributed by atoms with Crippen LogP contribution >= 0.6 is 27.5 Å². The summed E-state index contributed by atoms with van der Waals surface area (Å²) in [6.45, 7) is -1.11. The molecule has 2 heterocycles. The fourth-order valence-electron chi connectivity index (χ4n) is 1.38. The number of hydrogen-bond donors (Lipinski definition) is 0. The second kappa shape index (κ2) is 3.92. The number of nitrogens with zero attached hydrogens (tertiary/aromatic N) is 2. The molecule has 1 saturated heterocycles. The normalized spacial score (nSPS) is 18.1. The van der Waals surface area contributed by atoms with Gasteiger partial charge in [-0.1, -0.05) is 11.6 Å². The van der Waals surface area contributed by atoms with E-state index in [1.54, 1.807) is 0 Å². The standard InChI is InChI=1S/C9H6BrClF2N2O/c10-6-1-5(11)2-14-7(6)8(16)15-3-9(12,13)4-15/h1-2H,3-4H2. The molecule has 2 rings (SSSR count). The van der Waals surface area contributed by atoms with Crippen LogP contribution in [0.1, 0.15) is 10.5 Å².